The number of benzene rings is 15. The number of halogens is 5. The van der Waals surface area contributed by atoms with Gasteiger partial charge in [-0.25, -0.2) is 24.9 Å². The molecule has 0 saturated carbocycles. The van der Waals surface area contributed by atoms with Crippen molar-refractivity contribution >= 4 is 179 Å². The molecule has 610 valence electrons. The van der Waals surface area contributed by atoms with E-state index < -0.39 is 0 Å². The van der Waals surface area contributed by atoms with Gasteiger partial charge in [-0.2, -0.15) is 24.9 Å². The van der Waals surface area contributed by atoms with Crippen LogP contribution in [0.2, 0.25) is 26.4 Å². The zero-order valence-corrected chi connectivity index (χ0v) is 71.1. The van der Waals surface area contributed by atoms with Gasteiger partial charge < -0.3 is 22.1 Å². The van der Waals surface area contributed by atoms with Gasteiger partial charge in [0.15, 0.2) is 0 Å². The molecule has 0 bridgehead atoms. The number of aromatic nitrogens is 10. The van der Waals surface area contributed by atoms with E-state index in [4.69, 9.17) is 80.1 Å². The lowest BCUT2D eigenvalue weighted by atomic mass is 9.94. The van der Waals surface area contributed by atoms with E-state index in [-0.39, 0.29) is 26.4 Å². The van der Waals surface area contributed by atoms with Gasteiger partial charge in [0.2, 0.25) is 55.0 Å². The van der Waals surface area contributed by atoms with Crippen LogP contribution in [0, 0.1) is 0 Å². The Morgan fingerprint density at radius 3 is 0.766 bits per heavy atom. The summed E-state index contributed by atoms with van der Waals surface area (Å²) in [5.41, 5.74) is 24.4. The molecule has 0 saturated heterocycles. The van der Waals surface area contributed by atoms with E-state index in [0.717, 1.165) is 188 Å². The van der Waals surface area contributed by atoms with Crippen LogP contribution in [0.3, 0.4) is 0 Å². The summed E-state index contributed by atoms with van der Waals surface area (Å²) >= 11 is 30.8. The van der Waals surface area contributed by atoms with Crippen molar-refractivity contribution in [3.8, 4) is 101 Å². The van der Waals surface area contributed by atoms with Crippen LogP contribution >= 0.6 is 58.0 Å². The van der Waals surface area contributed by atoms with Crippen molar-refractivity contribution in [1.82, 2.24) is 49.8 Å². The largest absolute Gasteiger partial charge is 0.438 e. The van der Waals surface area contributed by atoms with Crippen molar-refractivity contribution in [1.29, 1.82) is 0 Å². The Morgan fingerprint density at radius 2 is 0.383 bits per heavy atom. The lowest BCUT2D eigenvalue weighted by Gasteiger charge is -2.11. The number of para-hydroxylation sites is 5. The summed E-state index contributed by atoms with van der Waals surface area (Å²) in [4.78, 5) is 43.9. The lowest BCUT2D eigenvalue weighted by molar-refractivity contribution is 0.652. The van der Waals surface area contributed by atoms with Gasteiger partial charge in [0, 0.05) is 54.7 Å². The highest BCUT2D eigenvalue weighted by Crippen LogP contribution is 2.44. The molecule has 15 aromatic carbocycles. The summed E-state index contributed by atoms with van der Waals surface area (Å²) in [6, 6.07) is 128. The van der Waals surface area contributed by atoms with Crippen molar-refractivity contribution in [2.75, 3.05) is 0 Å². The van der Waals surface area contributed by atoms with Crippen molar-refractivity contribution in [2.45, 2.75) is 0 Å². The average Bonchev–Trinajstić information content (AvgIpc) is 1.60. The molecule has 20 heteroatoms. The molecule has 128 heavy (non-hydrogen) atoms. The van der Waals surface area contributed by atoms with Crippen molar-refractivity contribution < 1.29 is 22.1 Å². The van der Waals surface area contributed by atoms with E-state index in [0.29, 0.717) is 28.6 Å². The van der Waals surface area contributed by atoms with E-state index in [1.165, 1.54) is 5.56 Å². The average molecular weight is 1760 g/mol. The summed E-state index contributed by atoms with van der Waals surface area (Å²) in [5.74, 6) is 0. The summed E-state index contributed by atoms with van der Waals surface area (Å²) < 4.78 is 29.3. The zero-order valence-electron chi connectivity index (χ0n) is 67.3. The molecular weight excluding hydrogens is 1690 g/mol. The molecule has 0 N–H and O–H groups in total. The van der Waals surface area contributed by atoms with Crippen molar-refractivity contribution in [3.05, 3.63) is 409 Å². The monoisotopic (exact) mass is 1750 g/mol. The minimum absolute atomic E-state index is 0.165. The van der Waals surface area contributed by atoms with Crippen LogP contribution in [0.15, 0.2) is 404 Å². The fourth-order valence-electron chi connectivity index (χ4n) is 16.3. The summed E-state index contributed by atoms with van der Waals surface area (Å²) in [7, 11) is 0. The molecule has 10 aromatic heterocycles. The maximum Gasteiger partial charge on any atom is 0.232 e. The zero-order chi connectivity index (χ0) is 86.1. The topological polar surface area (TPSA) is 195 Å². The van der Waals surface area contributed by atoms with Crippen LogP contribution in [0.5, 0.6) is 0 Å². The normalized spacial score (nSPS) is 11.3. The molecule has 0 aliphatic carbocycles. The van der Waals surface area contributed by atoms with Gasteiger partial charge in [0.25, 0.3) is 0 Å². The highest BCUT2D eigenvalue weighted by molar-refractivity contribution is 6.31. The summed E-state index contributed by atoms with van der Waals surface area (Å²) in [6.45, 7) is 0. The Morgan fingerprint density at radius 1 is 0.156 bits per heavy atom. The Labute approximate surface area is 754 Å². The molecule has 10 heterocycles. The third-order valence-corrected chi connectivity index (χ3v) is 22.9. The fraction of sp³-hybridized carbons (Fsp3) is 0. The Balaban J connectivity index is 0.0000000979. The van der Waals surface area contributed by atoms with Crippen LogP contribution in [0.4, 0.5) is 0 Å². The molecule has 0 aliphatic rings. The van der Waals surface area contributed by atoms with Gasteiger partial charge in [-0.15, -0.1) is 0 Å². The van der Waals surface area contributed by atoms with Gasteiger partial charge >= 0.3 is 0 Å². The number of rotatable bonds is 9. The Bertz CT molecular complexity index is 8410. The van der Waals surface area contributed by atoms with E-state index in [1.807, 2.05) is 255 Å². The van der Waals surface area contributed by atoms with Crippen LogP contribution in [0.1, 0.15) is 0 Å². The number of furan rings is 5. The maximum absolute atomic E-state index is 6.33. The van der Waals surface area contributed by atoms with E-state index in [2.05, 4.69) is 177 Å². The van der Waals surface area contributed by atoms with E-state index in [1.54, 1.807) is 0 Å². The van der Waals surface area contributed by atoms with Gasteiger partial charge in [-0.1, -0.05) is 328 Å². The van der Waals surface area contributed by atoms with Crippen LogP contribution in [-0.4, -0.2) is 49.8 Å². The molecule has 0 unspecified atom stereocenters. The predicted molar refractivity (Wildman–Crippen MR) is 518 cm³/mol. The van der Waals surface area contributed by atoms with Crippen LogP contribution in [0.25, 0.3) is 222 Å². The lowest BCUT2D eigenvalue weighted by Crippen LogP contribution is -1.92. The first-order valence-electron chi connectivity index (χ1n) is 40.8. The highest BCUT2D eigenvalue weighted by Gasteiger charge is 2.24. The fourth-order valence-corrected chi connectivity index (χ4v) is 17.1. The van der Waals surface area contributed by atoms with E-state index in [9.17, 15) is 0 Å². The molecule has 0 radical (unpaired) electrons. The van der Waals surface area contributed by atoms with Gasteiger partial charge in [0.1, 0.15) is 27.9 Å². The van der Waals surface area contributed by atoms with Gasteiger partial charge in [0.05, 0.1) is 55.4 Å². The molecule has 0 amide bonds. The molecule has 25 rings (SSSR count). The number of nitrogens with zero attached hydrogens (tertiary/aromatic N) is 10. The first-order chi connectivity index (χ1) is 63.0. The Kier molecular flexibility index (Phi) is 21.7. The third kappa shape index (κ3) is 15.9. The van der Waals surface area contributed by atoms with Gasteiger partial charge in [-0.05, 0) is 168 Å². The molecule has 0 fully saturated rings. The second-order valence-electron chi connectivity index (χ2n) is 29.9. The van der Waals surface area contributed by atoms with E-state index >= 15 is 0 Å². The minimum atomic E-state index is 0.165. The highest BCUT2D eigenvalue weighted by atomic mass is 35.5. The standard InChI is InChI=1S/C28H17ClN2O.2C22H13ClN2O.C20H11ClN2O.C16H9ClN2O/c29-28-30-26(25-23-13-7-8-14-24(23)32-27(25)31-28)22-16-20(18-9-3-1-4-10-18)15-21(17-22)19-11-5-2-6-12-19;23-22-24-20(19-17-11-4-5-12-18(17)26-21(19)25-22)16-10-6-9-15(13-16)14-7-2-1-3-8-14;23-22-24-20(19-17-8-4-5-9-18(17)26-21(19)25-22)16-12-10-15(11-13-16)14-6-2-1-3-7-14;21-20-22-18(14-10-5-7-12-6-1-2-8-13(12)14)17-15-9-3-4-11-16(15)24-19(17)23-20;17-16-18-14(10-6-2-1-3-7-10)13-11-8-4-5-9-12(11)20-15(13)19-16/h1-17H;2*1-13H;1-11H;1-9H. The molecule has 25 aromatic rings. The second-order valence-corrected chi connectivity index (χ2v) is 31.6. The smallest absolute Gasteiger partial charge is 0.232 e. The summed E-state index contributed by atoms with van der Waals surface area (Å²) in [5, 5.41) is 12.6. The first kappa shape index (κ1) is 79.6. The minimum Gasteiger partial charge on any atom is -0.438 e. The number of fused-ring (bicyclic) bond motifs is 16. The molecule has 0 spiro atoms. The molecular formula is C108H63Cl5N10O5. The predicted octanol–water partition coefficient (Wildman–Crippen LogP) is 31.3. The summed E-state index contributed by atoms with van der Waals surface area (Å²) in [6.07, 6.45) is 0. The Hall–Kier alpha value is -15.6. The molecule has 0 aliphatic heterocycles. The maximum atomic E-state index is 6.33. The quantitative estimate of drug-likeness (QED) is 0.124. The van der Waals surface area contributed by atoms with Crippen molar-refractivity contribution in [2.24, 2.45) is 0 Å². The molecule has 0 atom stereocenters. The van der Waals surface area contributed by atoms with Crippen LogP contribution in [-0.2, 0) is 0 Å². The third-order valence-electron chi connectivity index (χ3n) is 22.1. The molecule has 15 nitrogen and oxygen atoms in total. The first-order valence-corrected chi connectivity index (χ1v) is 42.7. The van der Waals surface area contributed by atoms with Gasteiger partial charge in [-0.3, -0.25) is 0 Å². The number of hydrogen-bond donors (Lipinski definition) is 0. The number of hydrogen-bond acceptors (Lipinski definition) is 15. The second kappa shape index (κ2) is 34.8. The SMILES string of the molecule is Clc1nc(-c2cc(-c3ccccc3)cc(-c3ccccc3)c2)c2c(n1)oc1ccccc12.Clc1nc(-c2ccc(-c3ccccc3)cc2)c2c(n1)oc1ccccc12.Clc1nc(-c2cccc(-c3ccccc3)c2)c2c(n1)oc1ccccc12.Clc1nc(-c2cccc3ccccc23)c2c(n1)oc1ccccc12.Clc1nc(-c2ccccc2)c2c(n1)oc1ccccc12. The van der Waals surface area contributed by atoms with Crippen LogP contribution < -0.4 is 0 Å². The van der Waals surface area contributed by atoms with Crippen molar-refractivity contribution in [3.63, 3.8) is 0 Å².